The van der Waals surface area contributed by atoms with E-state index < -0.39 is 0 Å². The summed E-state index contributed by atoms with van der Waals surface area (Å²) in [6, 6.07) is 3.50. The highest BCUT2D eigenvalue weighted by molar-refractivity contribution is 9.10. The molecule has 86 valence electrons. The van der Waals surface area contributed by atoms with E-state index in [1.54, 1.807) is 31.6 Å². The average Bonchev–Trinajstić information content (AvgIpc) is 2.29. The smallest absolute Gasteiger partial charge is 0.185 e. The number of rotatable bonds is 3. The summed E-state index contributed by atoms with van der Waals surface area (Å²) >= 11 is 3.32. The van der Waals surface area contributed by atoms with Gasteiger partial charge in [-0.15, -0.1) is 0 Å². The zero-order chi connectivity index (χ0) is 12.3. The van der Waals surface area contributed by atoms with Crippen LogP contribution in [0.5, 0.6) is 0 Å². The zero-order valence-electron chi connectivity index (χ0n) is 9.22. The second-order valence-electron chi connectivity index (χ2n) is 3.60. The fourth-order valence-electron chi connectivity index (χ4n) is 1.44. The Morgan fingerprint density at radius 3 is 2.94 bits per heavy atom. The van der Waals surface area contributed by atoms with Crippen LogP contribution in [0.25, 0.3) is 0 Å². The molecule has 4 nitrogen and oxygen atoms in total. The highest BCUT2D eigenvalue weighted by atomic mass is 79.9. The van der Waals surface area contributed by atoms with Crippen molar-refractivity contribution in [3.05, 3.63) is 52.3 Å². The van der Waals surface area contributed by atoms with Crippen LogP contribution in [0.2, 0.25) is 0 Å². The third-order valence-electron chi connectivity index (χ3n) is 2.19. The Morgan fingerprint density at radius 1 is 1.41 bits per heavy atom. The predicted octanol–water partition coefficient (Wildman–Crippen LogP) is 2.37. The molecule has 2 aromatic rings. The normalized spacial score (nSPS) is 10.2. The zero-order valence-corrected chi connectivity index (χ0v) is 10.8. The quantitative estimate of drug-likeness (QED) is 0.815. The standard InChI is InChI=1S/C12H10BrN3O/c1-8-15-3-2-11(16-8)12(17)5-9-4-10(13)7-14-6-9/h2-4,6-7H,5H2,1H3. The molecular formula is C12H10BrN3O. The lowest BCUT2D eigenvalue weighted by molar-refractivity contribution is 0.0987. The molecule has 0 aliphatic heterocycles. The van der Waals surface area contributed by atoms with Crippen molar-refractivity contribution in [2.45, 2.75) is 13.3 Å². The van der Waals surface area contributed by atoms with E-state index in [1.165, 1.54) is 0 Å². The molecule has 0 amide bonds. The first-order valence-electron chi connectivity index (χ1n) is 5.07. The Labute approximate surface area is 107 Å². The van der Waals surface area contributed by atoms with Gasteiger partial charge in [0.15, 0.2) is 5.78 Å². The number of aryl methyl sites for hydroxylation is 1. The molecule has 0 fully saturated rings. The Kier molecular flexibility index (Phi) is 3.58. The van der Waals surface area contributed by atoms with E-state index in [-0.39, 0.29) is 5.78 Å². The molecule has 0 N–H and O–H groups in total. The first-order chi connectivity index (χ1) is 8.15. The predicted molar refractivity (Wildman–Crippen MR) is 66.7 cm³/mol. The number of Topliss-reactive ketones (excluding diaryl/α,β-unsaturated/α-hetero) is 1. The summed E-state index contributed by atoms with van der Waals surface area (Å²) < 4.78 is 0.863. The molecule has 0 bridgehead atoms. The van der Waals surface area contributed by atoms with E-state index >= 15 is 0 Å². The van der Waals surface area contributed by atoms with Gasteiger partial charge in [0.25, 0.3) is 0 Å². The van der Waals surface area contributed by atoms with Crippen LogP contribution in [-0.2, 0) is 6.42 Å². The van der Waals surface area contributed by atoms with Crippen LogP contribution in [0, 0.1) is 6.92 Å². The molecule has 5 heteroatoms. The molecule has 0 aliphatic rings. The highest BCUT2D eigenvalue weighted by Crippen LogP contribution is 2.11. The molecule has 17 heavy (non-hydrogen) atoms. The Morgan fingerprint density at radius 2 is 2.24 bits per heavy atom. The van der Waals surface area contributed by atoms with Crippen LogP contribution in [0.3, 0.4) is 0 Å². The van der Waals surface area contributed by atoms with Gasteiger partial charge in [-0.1, -0.05) is 0 Å². The Bertz CT molecular complexity index is 557. The number of nitrogens with zero attached hydrogens (tertiary/aromatic N) is 3. The molecule has 0 spiro atoms. The van der Waals surface area contributed by atoms with Crippen LogP contribution in [0.15, 0.2) is 35.2 Å². The lowest BCUT2D eigenvalue weighted by Crippen LogP contribution is -2.07. The highest BCUT2D eigenvalue weighted by Gasteiger charge is 2.09. The van der Waals surface area contributed by atoms with E-state index in [0.717, 1.165) is 10.0 Å². The maximum atomic E-state index is 11.9. The molecule has 0 aliphatic carbocycles. The van der Waals surface area contributed by atoms with Gasteiger partial charge in [0.05, 0.1) is 0 Å². The second-order valence-corrected chi connectivity index (χ2v) is 4.52. The summed E-state index contributed by atoms with van der Waals surface area (Å²) in [7, 11) is 0. The van der Waals surface area contributed by atoms with Crippen LogP contribution in [-0.4, -0.2) is 20.7 Å². The Hall–Kier alpha value is -1.62. The summed E-state index contributed by atoms with van der Waals surface area (Å²) in [4.78, 5) is 24.0. The molecular weight excluding hydrogens is 282 g/mol. The maximum Gasteiger partial charge on any atom is 0.185 e. The molecule has 0 saturated heterocycles. The van der Waals surface area contributed by atoms with Gasteiger partial charge in [-0.3, -0.25) is 9.78 Å². The van der Waals surface area contributed by atoms with E-state index in [0.29, 0.717) is 17.9 Å². The number of pyridine rings is 1. The van der Waals surface area contributed by atoms with Gasteiger partial charge in [0.1, 0.15) is 11.5 Å². The number of aromatic nitrogens is 3. The van der Waals surface area contributed by atoms with Gasteiger partial charge in [-0.25, -0.2) is 9.97 Å². The van der Waals surface area contributed by atoms with Crippen molar-refractivity contribution in [2.75, 3.05) is 0 Å². The van der Waals surface area contributed by atoms with Gasteiger partial charge >= 0.3 is 0 Å². The molecule has 0 saturated carbocycles. The second kappa shape index (κ2) is 5.14. The van der Waals surface area contributed by atoms with Crippen molar-refractivity contribution in [2.24, 2.45) is 0 Å². The van der Waals surface area contributed by atoms with E-state index in [9.17, 15) is 4.79 Å². The summed E-state index contributed by atoms with van der Waals surface area (Å²) in [5, 5.41) is 0. The van der Waals surface area contributed by atoms with Crippen molar-refractivity contribution in [1.29, 1.82) is 0 Å². The summed E-state index contributed by atoms with van der Waals surface area (Å²) in [6.07, 6.45) is 5.25. The maximum absolute atomic E-state index is 11.9. The minimum atomic E-state index is -0.0320. The topological polar surface area (TPSA) is 55.7 Å². The SMILES string of the molecule is Cc1nccc(C(=O)Cc2cncc(Br)c2)n1. The minimum absolute atomic E-state index is 0.0320. The number of carbonyl (C=O) groups is 1. The number of hydrogen-bond acceptors (Lipinski definition) is 4. The minimum Gasteiger partial charge on any atom is -0.292 e. The Balaban J connectivity index is 2.17. The van der Waals surface area contributed by atoms with E-state index in [2.05, 4.69) is 30.9 Å². The third-order valence-corrected chi connectivity index (χ3v) is 2.62. The number of ketones is 1. The molecule has 0 atom stereocenters. The molecule has 0 unspecified atom stereocenters. The fourth-order valence-corrected chi connectivity index (χ4v) is 1.85. The largest absolute Gasteiger partial charge is 0.292 e. The summed E-state index contributed by atoms with van der Waals surface area (Å²) in [5.74, 6) is 0.568. The lowest BCUT2D eigenvalue weighted by Gasteiger charge is -2.01. The molecule has 2 heterocycles. The van der Waals surface area contributed by atoms with Gasteiger partial charge in [-0.2, -0.15) is 0 Å². The van der Waals surface area contributed by atoms with Gasteiger partial charge in [0, 0.05) is 29.5 Å². The van der Waals surface area contributed by atoms with Crippen LogP contribution in [0.4, 0.5) is 0 Å². The molecule has 0 aromatic carbocycles. The number of hydrogen-bond donors (Lipinski definition) is 0. The van der Waals surface area contributed by atoms with Gasteiger partial charge in [-0.05, 0) is 40.5 Å². The summed E-state index contributed by atoms with van der Waals surface area (Å²) in [6.45, 7) is 1.76. The molecule has 0 radical (unpaired) electrons. The molecule has 2 rings (SSSR count). The van der Waals surface area contributed by atoms with Crippen molar-refractivity contribution in [1.82, 2.24) is 15.0 Å². The van der Waals surface area contributed by atoms with E-state index in [1.807, 2.05) is 6.07 Å². The van der Waals surface area contributed by atoms with Crippen LogP contribution in [0.1, 0.15) is 21.9 Å². The van der Waals surface area contributed by atoms with Crippen molar-refractivity contribution < 1.29 is 4.79 Å². The monoisotopic (exact) mass is 291 g/mol. The first-order valence-corrected chi connectivity index (χ1v) is 5.87. The van der Waals surface area contributed by atoms with Crippen molar-refractivity contribution >= 4 is 21.7 Å². The number of carbonyl (C=O) groups excluding carboxylic acids is 1. The van der Waals surface area contributed by atoms with Crippen LogP contribution < -0.4 is 0 Å². The van der Waals surface area contributed by atoms with Gasteiger partial charge in [0.2, 0.25) is 0 Å². The third kappa shape index (κ3) is 3.17. The van der Waals surface area contributed by atoms with Crippen molar-refractivity contribution in [3.63, 3.8) is 0 Å². The average molecular weight is 292 g/mol. The van der Waals surface area contributed by atoms with Crippen LogP contribution >= 0.6 is 15.9 Å². The number of halogens is 1. The summed E-state index contributed by atoms with van der Waals surface area (Å²) in [5.41, 5.74) is 1.30. The lowest BCUT2D eigenvalue weighted by atomic mass is 10.1. The molecule has 2 aromatic heterocycles. The van der Waals surface area contributed by atoms with Crippen molar-refractivity contribution in [3.8, 4) is 0 Å². The first kappa shape index (κ1) is 11.9. The fraction of sp³-hybridized carbons (Fsp3) is 0.167. The van der Waals surface area contributed by atoms with Gasteiger partial charge < -0.3 is 0 Å². The van der Waals surface area contributed by atoms with E-state index in [4.69, 9.17) is 0 Å².